The highest BCUT2D eigenvalue weighted by Gasteiger charge is 2.42. The minimum absolute atomic E-state index is 0.0383. The monoisotopic (exact) mass is 333 g/mol. The number of amides is 2. The summed E-state index contributed by atoms with van der Waals surface area (Å²) in [6, 6.07) is 6.19. The number of piperazine rings is 1. The molecule has 3 rings (SSSR count). The number of carbonyl (C=O) groups excluding carboxylic acids is 2. The van der Waals surface area contributed by atoms with Crippen LogP contribution in [0.15, 0.2) is 24.3 Å². The van der Waals surface area contributed by atoms with Crippen LogP contribution in [0.2, 0.25) is 0 Å². The highest BCUT2D eigenvalue weighted by atomic mass is 19.1. The standard InChI is InChI=1S/C18H24FN3O2/c1-2-3-8-22-17(23)13-16(18(22)24)21-11-9-20(10-12-21)15-6-4-14(19)5-7-15/h4-7,16H,2-3,8-13H2,1H3. The molecule has 0 aliphatic carbocycles. The van der Waals surface area contributed by atoms with Gasteiger partial charge in [0.1, 0.15) is 5.82 Å². The van der Waals surface area contributed by atoms with E-state index in [-0.39, 0.29) is 23.7 Å². The lowest BCUT2D eigenvalue weighted by atomic mass is 10.1. The summed E-state index contributed by atoms with van der Waals surface area (Å²) in [5.41, 5.74) is 0.995. The SMILES string of the molecule is CCCCN1C(=O)CC(N2CCN(c3ccc(F)cc3)CC2)C1=O. The van der Waals surface area contributed by atoms with Crippen molar-refractivity contribution in [1.82, 2.24) is 9.80 Å². The van der Waals surface area contributed by atoms with E-state index in [1.807, 2.05) is 0 Å². The number of hydrogen-bond donors (Lipinski definition) is 0. The van der Waals surface area contributed by atoms with Gasteiger partial charge in [0, 0.05) is 38.4 Å². The number of hydrogen-bond acceptors (Lipinski definition) is 4. The lowest BCUT2D eigenvalue weighted by Crippen LogP contribution is -2.52. The fourth-order valence-corrected chi connectivity index (χ4v) is 3.45. The molecular formula is C18H24FN3O2. The number of carbonyl (C=O) groups is 2. The summed E-state index contributed by atoms with van der Waals surface area (Å²) in [6.45, 7) is 5.62. The number of rotatable bonds is 5. The molecule has 0 spiro atoms. The second-order valence-corrected chi connectivity index (χ2v) is 6.46. The zero-order valence-corrected chi connectivity index (χ0v) is 14.1. The fraction of sp³-hybridized carbons (Fsp3) is 0.556. The third-order valence-corrected chi connectivity index (χ3v) is 4.90. The van der Waals surface area contributed by atoms with Crippen LogP contribution < -0.4 is 4.90 Å². The van der Waals surface area contributed by atoms with Gasteiger partial charge in [-0.3, -0.25) is 19.4 Å². The molecule has 2 heterocycles. The Kier molecular flexibility index (Phi) is 5.14. The molecule has 5 nitrogen and oxygen atoms in total. The Bertz CT molecular complexity index is 597. The molecular weight excluding hydrogens is 309 g/mol. The van der Waals surface area contributed by atoms with Crippen molar-refractivity contribution in [3.05, 3.63) is 30.1 Å². The maximum absolute atomic E-state index is 13.0. The Morgan fingerprint density at radius 1 is 1.08 bits per heavy atom. The highest BCUT2D eigenvalue weighted by molar-refractivity contribution is 6.05. The van der Waals surface area contributed by atoms with Crippen molar-refractivity contribution < 1.29 is 14.0 Å². The van der Waals surface area contributed by atoms with E-state index in [4.69, 9.17) is 0 Å². The average Bonchev–Trinajstić information content (AvgIpc) is 2.88. The van der Waals surface area contributed by atoms with Crippen molar-refractivity contribution in [3.63, 3.8) is 0 Å². The third-order valence-electron chi connectivity index (χ3n) is 4.90. The summed E-state index contributed by atoms with van der Waals surface area (Å²) in [5, 5.41) is 0. The first-order valence-corrected chi connectivity index (χ1v) is 8.69. The second kappa shape index (κ2) is 7.30. The smallest absolute Gasteiger partial charge is 0.247 e. The summed E-state index contributed by atoms with van der Waals surface area (Å²) >= 11 is 0. The number of imide groups is 1. The maximum atomic E-state index is 13.0. The van der Waals surface area contributed by atoms with Gasteiger partial charge in [0.05, 0.1) is 12.5 Å². The van der Waals surface area contributed by atoms with E-state index in [0.29, 0.717) is 13.0 Å². The van der Waals surface area contributed by atoms with Crippen molar-refractivity contribution in [2.75, 3.05) is 37.6 Å². The van der Waals surface area contributed by atoms with Crippen molar-refractivity contribution in [2.45, 2.75) is 32.2 Å². The number of halogens is 1. The van der Waals surface area contributed by atoms with E-state index in [2.05, 4.69) is 16.7 Å². The Hall–Kier alpha value is -1.95. The Balaban J connectivity index is 1.57. The van der Waals surface area contributed by atoms with Crippen LogP contribution in [0.4, 0.5) is 10.1 Å². The van der Waals surface area contributed by atoms with Crippen LogP contribution in [0.25, 0.3) is 0 Å². The molecule has 0 bridgehead atoms. The van der Waals surface area contributed by atoms with Crippen molar-refractivity contribution in [3.8, 4) is 0 Å². The van der Waals surface area contributed by atoms with Crippen LogP contribution >= 0.6 is 0 Å². The Morgan fingerprint density at radius 2 is 1.75 bits per heavy atom. The highest BCUT2D eigenvalue weighted by Crippen LogP contribution is 2.23. The van der Waals surface area contributed by atoms with E-state index < -0.39 is 0 Å². The van der Waals surface area contributed by atoms with Crippen LogP contribution in [0.3, 0.4) is 0 Å². The first kappa shape index (κ1) is 16.9. The zero-order valence-electron chi connectivity index (χ0n) is 14.1. The number of nitrogens with zero attached hydrogens (tertiary/aromatic N) is 3. The normalized spacial score (nSPS) is 22.5. The molecule has 1 aromatic carbocycles. The fourth-order valence-electron chi connectivity index (χ4n) is 3.45. The summed E-state index contributed by atoms with van der Waals surface area (Å²) in [6.07, 6.45) is 2.14. The average molecular weight is 333 g/mol. The predicted molar refractivity (Wildman–Crippen MR) is 90.2 cm³/mol. The van der Waals surface area contributed by atoms with Gasteiger partial charge in [-0.2, -0.15) is 0 Å². The summed E-state index contributed by atoms with van der Waals surface area (Å²) < 4.78 is 13.0. The second-order valence-electron chi connectivity index (χ2n) is 6.46. The molecule has 0 N–H and O–H groups in total. The summed E-state index contributed by atoms with van der Waals surface area (Å²) in [7, 11) is 0. The molecule has 2 fully saturated rings. The Labute approximate surface area is 142 Å². The van der Waals surface area contributed by atoms with E-state index in [1.54, 1.807) is 12.1 Å². The van der Waals surface area contributed by atoms with E-state index in [1.165, 1.54) is 17.0 Å². The van der Waals surface area contributed by atoms with Gasteiger partial charge in [0.25, 0.3) is 0 Å². The van der Waals surface area contributed by atoms with E-state index in [0.717, 1.165) is 44.7 Å². The van der Waals surface area contributed by atoms with Crippen LogP contribution in [0.5, 0.6) is 0 Å². The van der Waals surface area contributed by atoms with Crippen LogP contribution in [-0.2, 0) is 9.59 Å². The predicted octanol–water partition coefficient (Wildman–Crippen LogP) is 1.88. The zero-order chi connectivity index (χ0) is 17.1. The van der Waals surface area contributed by atoms with Crippen molar-refractivity contribution in [1.29, 1.82) is 0 Å². The molecule has 0 aromatic heterocycles. The van der Waals surface area contributed by atoms with Gasteiger partial charge in [-0.1, -0.05) is 13.3 Å². The first-order valence-electron chi connectivity index (χ1n) is 8.69. The largest absolute Gasteiger partial charge is 0.369 e. The molecule has 0 radical (unpaired) electrons. The lowest BCUT2D eigenvalue weighted by Gasteiger charge is -2.38. The van der Waals surface area contributed by atoms with Gasteiger partial charge in [-0.25, -0.2) is 4.39 Å². The molecule has 2 aliphatic rings. The van der Waals surface area contributed by atoms with E-state index >= 15 is 0 Å². The molecule has 24 heavy (non-hydrogen) atoms. The van der Waals surface area contributed by atoms with Gasteiger partial charge >= 0.3 is 0 Å². The van der Waals surface area contributed by atoms with Gasteiger partial charge in [-0.15, -0.1) is 0 Å². The molecule has 1 atom stereocenters. The topological polar surface area (TPSA) is 43.9 Å². The lowest BCUT2D eigenvalue weighted by molar-refractivity contribution is -0.139. The number of likely N-dealkylation sites (tertiary alicyclic amines) is 1. The number of unbranched alkanes of at least 4 members (excludes halogenated alkanes) is 1. The van der Waals surface area contributed by atoms with Crippen LogP contribution in [0, 0.1) is 5.82 Å². The number of benzene rings is 1. The molecule has 0 saturated carbocycles. The van der Waals surface area contributed by atoms with Gasteiger partial charge in [0.15, 0.2) is 0 Å². The third kappa shape index (κ3) is 3.43. The molecule has 2 aliphatic heterocycles. The minimum Gasteiger partial charge on any atom is -0.369 e. The first-order chi connectivity index (χ1) is 11.6. The van der Waals surface area contributed by atoms with Crippen LogP contribution in [0.1, 0.15) is 26.2 Å². The molecule has 6 heteroatoms. The van der Waals surface area contributed by atoms with Crippen molar-refractivity contribution >= 4 is 17.5 Å². The molecule has 1 unspecified atom stereocenters. The number of anilines is 1. The van der Waals surface area contributed by atoms with Crippen molar-refractivity contribution in [2.24, 2.45) is 0 Å². The maximum Gasteiger partial charge on any atom is 0.247 e. The van der Waals surface area contributed by atoms with Crippen LogP contribution in [-0.4, -0.2) is 60.4 Å². The molecule has 2 saturated heterocycles. The Morgan fingerprint density at radius 3 is 2.38 bits per heavy atom. The minimum atomic E-state index is -0.301. The molecule has 130 valence electrons. The van der Waals surface area contributed by atoms with Gasteiger partial charge < -0.3 is 4.90 Å². The quantitative estimate of drug-likeness (QED) is 0.772. The van der Waals surface area contributed by atoms with Gasteiger partial charge in [0.2, 0.25) is 11.8 Å². The van der Waals surface area contributed by atoms with E-state index in [9.17, 15) is 14.0 Å². The summed E-state index contributed by atoms with van der Waals surface area (Å²) in [4.78, 5) is 30.3. The molecule has 2 amide bonds. The molecule has 1 aromatic rings. The summed E-state index contributed by atoms with van der Waals surface area (Å²) in [5.74, 6) is -0.317. The van der Waals surface area contributed by atoms with Gasteiger partial charge in [-0.05, 0) is 30.7 Å².